The lowest BCUT2D eigenvalue weighted by Crippen LogP contribution is -2.09. The van der Waals surface area contributed by atoms with Crippen molar-refractivity contribution in [1.82, 2.24) is 4.98 Å². The minimum Gasteiger partial charge on any atom is -0.426 e. The fourth-order valence-corrected chi connectivity index (χ4v) is 2.22. The lowest BCUT2D eigenvalue weighted by molar-refractivity contribution is -0.135. The molecular weight excluding hydrogens is 288 g/mol. The van der Waals surface area contributed by atoms with Crippen LogP contribution in [0.25, 0.3) is 0 Å². The molecule has 21 heavy (non-hydrogen) atoms. The molecule has 1 aliphatic carbocycles. The van der Waals surface area contributed by atoms with Gasteiger partial charge in [0.05, 0.1) is 12.1 Å². The molecule has 1 heterocycles. The van der Waals surface area contributed by atoms with Crippen LogP contribution >= 0.6 is 11.3 Å². The summed E-state index contributed by atoms with van der Waals surface area (Å²) in [4.78, 5) is 15.6. The van der Waals surface area contributed by atoms with Gasteiger partial charge in [0.15, 0.2) is 0 Å². The van der Waals surface area contributed by atoms with E-state index in [2.05, 4.69) is 15.5 Å². The zero-order valence-electron chi connectivity index (χ0n) is 11.2. The van der Waals surface area contributed by atoms with E-state index in [9.17, 15) is 4.79 Å². The third-order valence-electron chi connectivity index (χ3n) is 2.88. The first-order valence-electron chi connectivity index (χ1n) is 6.52. The predicted octanol–water partition coefficient (Wildman–Crippen LogP) is 2.49. The second-order valence-corrected chi connectivity index (χ2v) is 5.57. The van der Waals surface area contributed by atoms with Crippen LogP contribution in [0.1, 0.15) is 18.4 Å². The van der Waals surface area contributed by atoms with Gasteiger partial charge in [-0.1, -0.05) is 12.1 Å². The Morgan fingerprint density at radius 2 is 2.38 bits per heavy atom. The number of hydrazone groups is 1. The Kier molecular flexibility index (Phi) is 3.83. The van der Waals surface area contributed by atoms with Gasteiger partial charge in [-0.05, 0) is 30.5 Å². The molecule has 1 aromatic heterocycles. The number of nitrogens with one attached hydrogen (secondary N) is 1. The van der Waals surface area contributed by atoms with Crippen molar-refractivity contribution in [2.45, 2.75) is 12.8 Å². The molecule has 0 bridgehead atoms. The molecule has 7 heteroatoms. The Morgan fingerprint density at radius 1 is 1.52 bits per heavy atom. The maximum Gasteiger partial charge on any atom is 0.314 e. The van der Waals surface area contributed by atoms with Crippen molar-refractivity contribution in [2.24, 2.45) is 11.0 Å². The zero-order chi connectivity index (χ0) is 14.7. The molecule has 6 nitrogen and oxygen atoms in total. The first-order valence-corrected chi connectivity index (χ1v) is 7.40. The number of aromatic nitrogens is 1. The lowest BCUT2D eigenvalue weighted by atomic mass is 10.2. The van der Waals surface area contributed by atoms with Crippen molar-refractivity contribution < 1.29 is 9.53 Å². The number of rotatable bonds is 5. The third-order valence-corrected chi connectivity index (χ3v) is 3.65. The molecule has 1 fully saturated rings. The van der Waals surface area contributed by atoms with E-state index in [0.717, 1.165) is 18.4 Å². The number of benzene rings is 1. The number of nitrogen functional groups attached to an aromatic ring is 1. The quantitative estimate of drug-likeness (QED) is 0.383. The maximum atomic E-state index is 11.6. The van der Waals surface area contributed by atoms with Crippen LogP contribution in [0.5, 0.6) is 5.75 Å². The van der Waals surface area contributed by atoms with Gasteiger partial charge in [-0.15, -0.1) is 11.3 Å². The van der Waals surface area contributed by atoms with Gasteiger partial charge >= 0.3 is 5.97 Å². The van der Waals surface area contributed by atoms with Crippen LogP contribution in [0.15, 0.2) is 34.7 Å². The number of nitrogens with zero attached hydrogens (tertiary/aromatic N) is 2. The highest BCUT2D eigenvalue weighted by molar-refractivity contribution is 7.14. The highest BCUT2D eigenvalue weighted by Crippen LogP contribution is 2.30. The van der Waals surface area contributed by atoms with Crippen molar-refractivity contribution in [3.05, 3.63) is 35.2 Å². The van der Waals surface area contributed by atoms with E-state index >= 15 is 0 Å². The van der Waals surface area contributed by atoms with E-state index < -0.39 is 0 Å². The zero-order valence-corrected chi connectivity index (χ0v) is 12.0. The number of carbonyl (C=O) groups is 1. The summed E-state index contributed by atoms with van der Waals surface area (Å²) >= 11 is 1.38. The maximum absolute atomic E-state index is 11.6. The number of anilines is 2. The highest BCUT2D eigenvalue weighted by Gasteiger charge is 2.31. The molecule has 0 unspecified atom stereocenters. The second kappa shape index (κ2) is 5.92. The van der Waals surface area contributed by atoms with Crippen molar-refractivity contribution in [3.63, 3.8) is 0 Å². The molecule has 1 aromatic carbocycles. The summed E-state index contributed by atoms with van der Waals surface area (Å²) in [5, 5.41) is 6.43. The first kappa shape index (κ1) is 13.6. The van der Waals surface area contributed by atoms with E-state index in [4.69, 9.17) is 10.5 Å². The SMILES string of the molecule is Nc1csc(NN=Cc2cccc(OC(=O)C3CC3)c2)n1. The molecule has 2 aromatic rings. The van der Waals surface area contributed by atoms with Gasteiger partial charge in [-0.2, -0.15) is 5.10 Å². The number of thiazole rings is 1. The molecule has 108 valence electrons. The van der Waals surface area contributed by atoms with Crippen LogP contribution < -0.4 is 15.9 Å². The minimum atomic E-state index is -0.152. The van der Waals surface area contributed by atoms with E-state index in [-0.39, 0.29) is 11.9 Å². The van der Waals surface area contributed by atoms with E-state index in [1.807, 2.05) is 12.1 Å². The first-order chi connectivity index (χ1) is 10.2. The van der Waals surface area contributed by atoms with Gasteiger partial charge in [-0.3, -0.25) is 10.2 Å². The number of esters is 1. The molecule has 1 saturated carbocycles. The molecular formula is C14H14N4O2S. The number of carbonyl (C=O) groups excluding carboxylic acids is 1. The standard InChI is InChI=1S/C14H14N4O2S/c15-12-8-21-14(17-12)18-16-7-9-2-1-3-11(6-9)20-13(19)10-4-5-10/h1-3,6-8,10H,4-5,15H2,(H,17,18). The van der Waals surface area contributed by atoms with Gasteiger partial charge in [0.1, 0.15) is 11.6 Å². The van der Waals surface area contributed by atoms with Crippen molar-refractivity contribution in [2.75, 3.05) is 11.2 Å². The summed E-state index contributed by atoms with van der Waals surface area (Å²) in [6.45, 7) is 0. The number of hydrogen-bond acceptors (Lipinski definition) is 7. The van der Waals surface area contributed by atoms with Gasteiger partial charge < -0.3 is 10.5 Å². The fourth-order valence-electron chi connectivity index (χ4n) is 1.68. The molecule has 3 rings (SSSR count). The summed E-state index contributed by atoms with van der Waals surface area (Å²) in [6, 6.07) is 7.21. The molecule has 3 N–H and O–H groups in total. The van der Waals surface area contributed by atoms with Crippen LogP contribution in [-0.4, -0.2) is 17.2 Å². The van der Waals surface area contributed by atoms with Gasteiger partial charge in [0.2, 0.25) is 5.13 Å². The number of ether oxygens (including phenoxy) is 1. The molecule has 0 spiro atoms. The van der Waals surface area contributed by atoms with Crippen molar-refractivity contribution >= 4 is 34.5 Å². The Labute approximate surface area is 125 Å². The van der Waals surface area contributed by atoms with E-state index in [1.54, 1.807) is 23.7 Å². The Morgan fingerprint density at radius 3 is 3.10 bits per heavy atom. The summed E-state index contributed by atoms with van der Waals surface area (Å²) in [5.41, 5.74) is 9.13. The Balaban J connectivity index is 1.60. The number of nitrogens with two attached hydrogens (primary N) is 1. The second-order valence-electron chi connectivity index (χ2n) is 4.72. The normalized spacial score (nSPS) is 14.3. The van der Waals surface area contributed by atoms with Gasteiger partial charge in [0, 0.05) is 5.38 Å². The Bertz CT molecular complexity index is 679. The largest absolute Gasteiger partial charge is 0.426 e. The van der Waals surface area contributed by atoms with Crippen LogP contribution in [-0.2, 0) is 4.79 Å². The highest BCUT2D eigenvalue weighted by atomic mass is 32.1. The lowest BCUT2D eigenvalue weighted by Gasteiger charge is -2.03. The van der Waals surface area contributed by atoms with Crippen LogP contribution in [0.3, 0.4) is 0 Å². The average molecular weight is 302 g/mol. The van der Waals surface area contributed by atoms with Gasteiger partial charge in [-0.25, -0.2) is 4.98 Å². The summed E-state index contributed by atoms with van der Waals surface area (Å²) in [5.74, 6) is 0.931. The minimum absolute atomic E-state index is 0.0827. The summed E-state index contributed by atoms with van der Waals surface area (Å²) < 4.78 is 5.30. The summed E-state index contributed by atoms with van der Waals surface area (Å²) in [7, 11) is 0. The van der Waals surface area contributed by atoms with E-state index in [0.29, 0.717) is 16.7 Å². The van der Waals surface area contributed by atoms with Gasteiger partial charge in [0.25, 0.3) is 0 Å². The molecule has 0 aliphatic heterocycles. The monoisotopic (exact) mass is 302 g/mol. The third kappa shape index (κ3) is 3.79. The summed E-state index contributed by atoms with van der Waals surface area (Å²) in [6.07, 6.45) is 3.49. The molecule has 0 radical (unpaired) electrons. The predicted molar refractivity (Wildman–Crippen MR) is 82.5 cm³/mol. The number of hydrogen-bond donors (Lipinski definition) is 2. The smallest absolute Gasteiger partial charge is 0.314 e. The van der Waals surface area contributed by atoms with Crippen molar-refractivity contribution in [3.8, 4) is 5.75 Å². The van der Waals surface area contributed by atoms with Crippen molar-refractivity contribution in [1.29, 1.82) is 0 Å². The van der Waals surface area contributed by atoms with E-state index in [1.165, 1.54) is 11.3 Å². The Hall–Kier alpha value is -2.41. The fraction of sp³-hybridized carbons (Fsp3) is 0.214. The van der Waals surface area contributed by atoms with Crippen LogP contribution in [0.2, 0.25) is 0 Å². The molecule has 0 saturated heterocycles. The van der Waals surface area contributed by atoms with Crippen LogP contribution in [0.4, 0.5) is 10.9 Å². The molecule has 1 aliphatic rings. The molecule has 0 amide bonds. The topological polar surface area (TPSA) is 89.6 Å². The average Bonchev–Trinajstić information content (AvgIpc) is 3.23. The van der Waals surface area contributed by atoms with Crippen LogP contribution in [0, 0.1) is 5.92 Å². The molecule has 0 atom stereocenters.